The first kappa shape index (κ1) is 28.5. The number of aryl methyl sites for hydroxylation is 1. The van der Waals surface area contributed by atoms with Gasteiger partial charge in [0.15, 0.2) is 0 Å². The van der Waals surface area contributed by atoms with Gasteiger partial charge in [-0.15, -0.1) is 37.2 Å². The van der Waals surface area contributed by atoms with Crippen LogP contribution in [0.2, 0.25) is 0 Å². The van der Waals surface area contributed by atoms with Crippen LogP contribution < -0.4 is 15.6 Å². The number of halogens is 3. The lowest BCUT2D eigenvalue weighted by Crippen LogP contribution is -2.17. The predicted molar refractivity (Wildman–Crippen MR) is 128 cm³/mol. The molecule has 3 aromatic rings. The fourth-order valence-corrected chi connectivity index (χ4v) is 2.85. The normalized spacial score (nSPS) is 9.58. The first-order valence-corrected chi connectivity index (χ1v) is 9.09. The Morgan fingerprint density at radius 1 is 1.10 bits per heavy atom. The number of rotatable bonds is 9. The minimum atomic E-state index is -0.202. The molecule has 0 radical (unpaired) electrons. The first-order valence-electron chi connectivity index (χ1n) is 9.09. The highest BCUT2D eigenvalue weighted by Crippen LogP contribution is 2.16. The lowest BCUT2D eigenvalue weighted by Gasteiger charge is -2.08. The highest BCUT2D eigenvalue weighted by atomic mass is 35.5. The molecule has 3 aromatic heterocycles. The lowest BCUT2D eigenvalue weighted by atomic mass is 10.1. The number of anilines is 1. The Bertz CT molecular complexity index is 988. The van der Waals surface area contributed by atoms with Crippen molar-refractivity contribution in [2.24, 2.45) is 0 Å². The average Bonchev–Trinajstić information content (AvgIpc) is 2.70. The van der Waals surface area contributed by atoms with Crippen molar-refractivity contribution in [2.45, 2.75) is 25.7 Å². The zero-order valence-corrected chi connectivity index (χ0v) is 19.4. The SMILES string of the molecule is COc1cccnc1CCCCNc1ncc(Cc2ccnc(O)c2)c(=O)[nH]1.Cl.Cl.Cl. The van der Waals surface area contributed by atoms with Crippen molar-refractivity contribution in [3.8, 4) is 11.6 Å². The smallest absolute Gasteiger partial charge is 0.255 e. The van der Waals surface area contributed by atoms with Crippen LogP contribution in [0, 0.1) is 0 Å². The molecule has 3 rings (SSSR count). The number of aromatic hydroxyl groups is 1. The van der Waals surface area contributed by atoms with Crippen LogP contribution in [0.3, 0.4) is 0 Å². The van der Waals surface area contributed by atoms with Gasteiger partial charge in [0.1, 0.15) is 5.75 Å². The molecule has 0 spiro atoms. The molecule has 0 saturated carbocycles. The van der Waals surface area contributed by atoms with E-state index in [4.69, 9.17) is 4.74 Å². The molecular formula is C20H26Cl3N5O3. The summed E-state index contributed by atoms with van der Waals surface area (Å²) >= 11 is 0. The fraction of sp³-hybridized carbons (Fsp3) is 0.300. The molecule has 0 aliphatic rings. The van der Waals surface area contributed by atoms with Crippen LogP contribution in [0.1, 0.15) is 29.7 Å². The van der Waals surface area contributed by atoms with Gasteiger partial charge in [-0.2, -0.15) is 0 Å². The summed E-state index contributed by atoms with van der Waals surface area (Å²) < 4.78 is 5.30. The summed E-state index contributed by atoms with van der Waals surface area (Å²) in [6.45, 7) is 0.690. The van der Waals surface area contributed by atoms with Gasteiger partial charge in [0.25, 0.3) is 5.56 Å². The molecule has 0 aromatic carbocycles. The quantitative estimate of drug-likeness (QED) is 0.393. The minimum absolute atomic E-state index is 0. The molecule has 170 valence electrons. The Morgan fingerprint density at radius 3 is 2.61 bits per heavy atom. The maximum atomic E-state index is 12.2. The van der Waals surface area contributed by atoms with Gasteiger partial charge in [0.2, 0.25) is 11.8 Å². The molecule has 3 heterocycles. The Balaban J connectivity index is 0.00000300. The molecular weight excluding hydrogens is 465 g/mol. The number of hydrogen-bond acceptors (Lipinski definition) is 7. The standard InChI is InChI=1S/C20H23N5O3.3ClH/c1-28-17-6-4-9-21-16(17)5-2-3-8-23-20-24-13-15(19(27)25-20)11-14-7-10-22-18(26)12-14;;;/h4,6-7,9-10,12-13H,2-3,5,8,11H2,1H3,(H,22,26)(H2,23,24,25,27);3*1H. The van der Waals surface area contributed by atoms with E-state index in [1.807, 2.05) is 12.1 Å². The van der Waals surface area contributed by atoms with Crippen molar-refractivity contribution < 1.29 is 9.84 Å². The van der Waals surface area contributed by atoms with E-state index in [-0.39, 0.29) is 48.7 Å². The van der Waals surface area contributed by atoms with Crippen LogP contribution in [0.5, 0.6) is 11.6 Å². The van der Waals surface area contributed by atoms with Gasteiger partial charge in [-0.05, 0) is 43.0 Å². The van der Waals surface area contributed by atoms with Gasteiger partial charge in [0.05, 0.1) is 12.8 Å². The number of nitrogens with one attached hydrogen (secondary N) is 2. The molecule has 0 atom stereocenters. The van der Waals surface area contributed by atoms with Crippen LogP contribution in [0.25, 0.3) is 0 Å². The number of aromatic amines is 1. The van der Waals surface area contributed by atoms with Crippen molar-refractivity contribution in [1.29, 1.82) is 0 Å². The van der Waals surface area contributed by atoms with E-state index in [0.29, 0.717) is 24.5 Å². The van der Waals surface area contributed by atoms with Gasteiger partial charge in [0, 0.05) is 43.2 Å². The molecule has 0 fully saturated rings. The maximum absolute atomic E-state index is 12.2. The topological polar surface area (TPSA) is 113 Å². The Labute approximate surface area is 199 Å². The van der Waals surface area contributed by atoms with Gasteiger partial charge in [-0.25, -0.2) is 9.97 Å². The fourth-order valence-electron chi connectivity index (χ4n) is 2.85. The molecule has 8 nitrogen and oxygen atoms in total. The maximum Gasteiger partial charge on any atom is 0.255 e. The van der Waals surface area contributed by atoms with Crippen LogP contribution in [0.4, 0.5) is 5.95 Å². The molecule has 0 amide bonds. The highest BCUT2D eigenvalue weighted by Gasteiger charge is 2.06. The minimum Gasteiger partial charge on any atom is -0.495 e. The number of pyridine rings is 2. The molecule has 11 heteroatoms. The molecule has 0 bridgehead atoms. The largest absolute Gasteiger partial charge is 0.495 e. The van der Waals surface area contributed by atoms with E-state index in [1.165, 1.54) is 12.3 Å². The van der Waals surface area contributed by atoms with Crippen molar-refractivity contribution in [1.82, 2.24) is 19.9 Å². The second-order valence-corrected chi connectivity index (χ2v) is 6.32. The van der Waals surface area contributed by atoms with E-state index in [0.717, 1.165) is 36.3 Å². The predicted octanol–water partition coefficient (Wildman–Crippen LogP) is 3.57. The third kappa shape index (κ3) is 8.61. The Morgan fingerprint density at radius 2 is 1.90 bits per heavy atom. The van der Waals surface area contributed by atoms with E-state index in [2.05, 4.69) is 25.3 Å². The monoisotopic (exact) mass is 489 g/mol. The third-order valence-corrected chi connectivity index (χ3v) is 4.28. The van der Waals surface area contributed by atoms with E-state index in [9.17, 15) is 9.90 Å². The van der Waals surface area contributed by atoms with E-state index < -0.39 is 0 Å². The number of H-pyrrole nitrogens is 1. The average molecular weight is 491 g/mol. The summed E-state index contributed by atoms with van der Waals surface area (Å²) in [5.74, 6) is 1.19. The zero-order chi connectivity index (χ0) is 19.8. The van der Waals surface area contributed by atoms with Crippen molar-refractivity contribution in [3.63, 3.8) is 0 Å². The van der Waals surface area contributed by atoms with Crippen LogP contribution in [0.15, 0.2) is 47.7 Å². The number of nitrogens with zero attached hydrogens (tertiary/aromatic N) is 3. The zero-order valence-electron chi connectivity index (χ0n) is 16.9. The number of aromatic nitrogens is 4. The first-order chi connectivity index (χ1) is 13.7. The number of unbranched alkanes of at least 4 members (excludes halogenated alkanes) is 1. The number of ether oxygens (including phenoxy) is 1. The van der Waals surface area contributed by atoms with Crippen LogP contribution in [-0.4, -0.2) is 38.7 Å². The summed E-state index contributed by atoms with van der Waals surface area (Å²) in [5.41, 5.74) is 2.07. The van der Waals surface area contributed by atoms with Crippen molar-refractivity contribution in [3.05, 3.63) is 70.0 Å². The Hall–Kier alpha value is -2.55. The molecule has 0 aliphatic heterocycles. The van der Waals surface area contributed by atoms with E-state index in [1.54, 1.807) is 25.6 Å². The van der Waals surface area contributed by atoms with Gasteiger partial charge in [-0.1, -0.05) is 0 Å². The molecule has 3 N–H and O–H groups in total. The summed E-state index contributed by atoms with van der Waals surface area (Å²) in [6, 6.07) is 7.04. The van der Waals surface area contributed by atoms with Crippen molar-refractivity contribution in [2.75, 3.05) is 19.0 Å². The molecule has 0 aliphatic carbocycles. The van der Waals surface area contributed by atoms with Gasteiger partial charge < -0.3 is 15.2 Å². The van der Waals surface area contributed by atoms with Gasteiger partial charge in [-0.3, -0.25) is 14.8 Å². The Kier molecular flexibility index (Phi) is 13.3. The molecule has 31 heavy (non-hydrogen) atoms. The summed E-state index contributed by atoms with van der Waals surface area (Å²) in [6.07, 6.45) is 7.87. The number of hydrogen-bond donors (Lipinski definition) is 3. The summed E-state index contributed by atoms with van der Waals surface area (Å²) in [4.78, 5) is 27.3. The molecule has 0 unspecified atom stereocenters. The van der Waals surface area contributed by atoms with Crippen LogP contribution >= 0.6 is 37.2 Å². The second-order valence-electron chi connectivity index (χ2n) is 6.32. The summed E-state index contributed by atoms with van der Waals surface area (Å²) in [5, 5.41) is 12.5. The molecule has 0 saturated heterocycles. The van der Waals surface area contributed by atoms with Gasteiger partial charge >= 0.3 is 0 Å². The summed E-state index contributed by atoms with van der Waals surface area (Å²) in [7, 11) is 1.64. The second kappa shape index (κ2) is 14.5. The number of methoxy groups -OCH3 is 1. The van der Waals surface area contributed by atoms with Crippen molar-refractivity contribution >= 4 is 43.2 Å². The van der Waals surface area contributed by atoms with Crippen LogP contribution in [-0.2, 0) is 12.8 Å². The highest BCUT2D eigenvalue weighted by molar-refractivity contribution is 5.86. The lowest BCUT2D eigenvalue weighted by molar-refractivity contribution is 0.406. The van der Waals surface area contributed by atoms with E-state index >= 15 is 0 Å². The third-order valence-electron chi connectivity index (χ3n) is 4.28.